The molecular formula is C16H21N5O3. The molecule has 0 bridgehead atoms. The molecule has 2 aliphatic rings. The molecule has 0 spiro atoms. The Bertz CT molecular complexity index is 721. The minimum Gasteiger partial charge on any atom is -0.360 e. The Balaban J connectivity index is 1.32. The SMILES string of the molecule is Cc1cc(NC(=O)CCN2CCC[C@@H]2c2noc(C3CC3)n2)no1. The average Bonchev–Trinajstić information content (AvgIpc) is 2.98. The highest BCUT2D eigenvalue weighted by Gasteiger charge is 2.34. The third kappa shape index (κ3) is 3.33. The lowest BCUT2D eigenvalue weighted by atomic mass is 10.2. The van der Waals surface area contributed by atoms with E-state index in [0.717, 1.165) is 43.9 Å². The number of nitrogens with zero attached hydrogens (tertiary/aromatic N) is 4. The Morgan fingerprint density at radius 2 is 2.21 bits per heavy atom. The van der Waals surface area contributed by atoms with Crippen LogP contribution in [0.4, 0.5) is 5.82 Å². The number of nitrogens with one attached hydrogen (secondary N) is 1. The number of amides is 1. The zero-order chi connectivity index (χ0) is 16.5. The largest absolute Gasteiger partial charge is 0.360 e. The zero-order valence-corrected chi connectivity index (χ0v) is 13.7. The van der Waals surface area contributed by atoms with Crippen LogP contribution < -0.4 is 5.32 Å². The van der Waals surface area contributed by atoms with Crippen molar-refractivity contribution in [2.45, 2.75) is 51.0 Å². The van der Waals surface area contributed by atoms with Crippen LogP contribution >= 0.6 is 0 Å². The summed E-state index contributed by atoms with van der Waals surface area (Å²) in [6.07, 6.45) is 4.79. The summed E-state index contributed by atoms with van der Waals surface area (Å²) in [5, 5.41) is 10.7. The van der Waals surface area contributed by atoms with Gasteiger partial charge < -0.3 is 14.4 Å². The molecule has 1 atom stereocenters. The summed E-state index contributed by atoms with van der Waals surface area (Å²) < 4.78 is 10.3. The Labute approximate surface area is 139 Å². The normalized spacial score (nSPS) is 21.3. The van der Waals surface area contributed by atoms with Crippen LogP contribution in [0.5, 0.6) is 0 Å². The fourth-order valence-corrected chi connectivity index (χ4v) is 3.14. The van der Waals surface area contributed by atoms with Crippen LogP contribution in [0.25, 0.3) is 0 Å². The summed E-state index contributed by atoms with van der Waals surface area (Å²) in [6, 6.07) is 1.86. The number of carbonyl (C=O) groups excluding carboxylic acids is 1. The van der Waals surface area contributed by atoms with Crippen LogP contribution in [0, 0.1) is 6.92 Å². The number of carbonyl (C=O) groups is 1. The van der Waals surface area contributed by atoms with Gasteiger partial charge in [0.05, 0.1) is 6.04 Å². The van der Waals surface area contributed by atoms with E-state index >= 15 is 0 Å². The van der Waals surface area contributed by atoms with Crippen molar-refractivity contribution < 1.29 is 13.8 Å². The van der Waals surface area contributed by atoms with Gasteiger partial charge in [-0.05, 0) is 39.2 Å². The van der Waals surface area contributed by atoms with Crippen LogP contribution in [0.2, 0.25) is 0 Å². The van der Waals surface area contributed by atoms with Crippen LogP contribution in [0.3, 0.4) is 0 Å². The molecule has 1 amide bonds. The molecule has 2 aromatic rings. The van der Waals surface area contributed by atoms with Gasteiger partial charge in [0.2, 0.25) is 11.8 Å². The predicted octanol–water partition coefficient (Wildman–Crippen LogP) is 2.41. The van der Waals surface area contributed by atoms with Gasteiger partial charge in [-0.3, -0.25) is 9.69 Å². The van der Waals surface area contributed by atoms with E-state index in [0.29, 0.717) is 30.5 Å². The van der Waals surface area contributed by atoms with Crippen LogP contribution in [-0.2, 0) is 4.79 Å². The molecule has 0 unspecified atom stereocenters. The first-order chi connectivity index (χ1) is 11.7. The molecule has 8 nitrogen and oxygen atoms in total. The van der Waals surface area contributed by atoms with Crippen molar-refractivity contribution in [1.82, 2.24) is 20.2 Å². The van der Waals surface area contributed by atoms with Crippen LogP contribution in [0.15, 0.2) is 15.1 Å². The standard InChI is InChI=1S/C16H21N5O3/c1-10-9-13(19-23-10)17-14(22)6-8-21-7-2-3-12(21)15-18-16(24-20-15)11-4-5-11/h9,11-12H,2-8H2,1H3,(H,17,19,22)/t12-/m1/s1. The van der Waals surface area contributed by atoms with Gasteiger partial charge in [-0.15, -0.1) is 0 Å². The maximum atomic E-state index is 12.1. The minimum absolute atomic E-state index is 0.0688. The van der Waals surface area contributed by atoms with Gasteiger partial charge >= 0.3 is 0 Å². The fourth-order valence-electron chi connectivity index (χ4n) is 3.14. The molecule has 0 aromatic carbocycles. The second-order valence-electron chi connectivity index (χ2n) is 6.58. The summed E-state index contributed by atoms with van der Waals surface area (Å²) in [6.45, 7) is 3.41. The highest BCUT2D eigenvalue weighted by Crippen LogP contribution is 2.40. The predicted molar refractivity (Wildman–Crippen MR) is 84.3 cm³/mol. The van der Waals surface area contributed by atoms with E-state index in [-0.39, 0.29) is 11.9 Å². The first-order valence-corrected chi connectivity index (χ1v) is 8.50. The molecule has 128 valence electrons. The average molecular weight is 331 g/mol. The molecule has 1 aliphatic heterocycles. The van der Waals surface area contributed by atoms with Crippen molar-refractivity contribution in [3.05, 3.63) is 23.5 Å². The summed E-state index contributed by atoms with van der Waals surface area (Å²) >= 11 is 0. The van der Waals surface area contributed by atoms with Crippen molar-refractivity contribution in [3.8, 4) is 0 Å². The fraction of sp³-hybridized carbons (Fsp3) is 0.625. The van der Waals surface area contributed by atoms with E-state index in [1.165, 1.54) is 0 Å². The topological polar surface area (TPSA) is 97.3 Å². The van der Waals surface area contributed by atoms with Gasteiger partial charge in [-0.1, -0.05) is 10.3 Å². The molecule has 1 saturated carbocycles. The summed E-state index contributed by atoms with van der Waals surface area (Å²) in [5.41, 5.74) is 0. The van der Waals surface area contributed by atoms with Gasteiger partial charge in [-0.2, -0.15) is 4.98 Å². The molecule has 24 heavy (non-hydrogen) atoms. The highest BCUT2D eigenvalue weighted by molar-refractivity contribution is 5.89. The van der Waals surface area contributed by atoms with Gasteiger partial charge in [0.1, 0.15) is 5.76 Å². The number of hydrogen-bond donors (Lipinski definition) is 1. The quantitative estimate of drug-likeness (QED) is 0.868. The summed E-state index contributed by atoms with van der Waals surface area (Å²) in [7, 11) is 0. The minimum atomic E-state index is -0.0688. The lowest BCUT2D eigenvalue weighted by Gasteiger charge is -2.21. The van der Waals surface area contributed by atoms with E-state index in [1.54, 1.807) is 13.0 Å². The highest BCUT2D eigenvalue weighted by atomic mass is 16.5. The van der Waals surface area contributed by atoms with E-state index in [4.69, 9.17) is 9.05 Å². The second-order valence-corrected chi connectivity index (χ2v) is 6.58. The summed E-state index contributed by atoms with van der Waals surface area (Å²) in [5.74, 6) is 3.08. The molecule has 2 aromatic heterocycles. The van der Waals surface area contributed by atoms with E-state index in [2.05, 4.69) is 25.5 Å². The Morgan fingerprint density at radius 3 is 2.96 bits per heavy atom. The van der Waals surface area contributed by atoms with Crippen molar-refractivity contribution in [1.29, 1.82) is 0 Å². The molecule has 2 fully saturated rings. The van der Waals surface area contributed by atoms with E-state index < -0.39 is 0 Å². The van der Waals surface area contributed by atoms with Gasteiger partial charge in [-0.25, -0.2) is 0 Å². The third-order valence-corrected chi connectivity index (χ3v) is 4.57. The van der Waals surface area contributed by atoms with Gasteiger partial charge in [0.15, 0.2) is 11.6 Å². The first-order valence-electron chi connectivity index (χ1n) is 8.50. The van der Waals surface area contributed by atoms with Gasteiger partial charge in [0.25, 0.3) is 0 Å². The Kier molecular flexibility index (Phi) is 4.05. The van der Waals surface area contributed by atoms with Crippen molar-refractivity contribution in [3.63, 3.8) is 0 Å². The lowest BCUT2D eigenvalue weighted by Crippen LogP contribution is -2.28. The zero-order valence-electron chi connectivity index (χ0n) is 13.7. The van der Waals surface area contributed by atoms with E-state index in [1.807, 2.05) is 0 Å². The number of anilines is 1. The maximum absolute atomic E-state index is 12.1. The number of likely N-dealkylation sites (tertiary alicyclic amines) is 1. The third-order valence-electron chi connectivity index (χ3n) is 4.57. The number of rotatable bonds is 6. The van der Waals surface area contributed by atoms with E-state index in [9.17, 15) is 4.79 Å². The smallest absolute Gasteiger partial charge is 0.229 e. The first kappa shape index (κ1) is 15.3. The van der Waals surface area contributed by atoms with Crippen LogP contribution in [0.1, 0.15) is 61.5 Å². The van der Waals surface area contributed by atoms with Crippen molar-refractivity contribution in [2.75, 3.05) is 18.4 Å². The monoisotopic (exact) mass is 331 g/mol. The Hall–Kier alpha value is -2.22. The second kappa shape index (κ2) is 6.35. The van der Waals surface area contributed by atoms with Crippen molar-refractivity contribution >= 4 is 11.7 Å². The molecule has 1 N–H and O–H groups in total. The van der Waals surface area contributed by atoms with Crippen LogP contribution in [-0.4, -0.2) is 39.2 Å². The molecular weight excluding hydrogens is 310 g/mol. The lowest BCUT2D eigenvalue weighted by molar-refractivity contribution is -0.116. The molecule has 8 heteroatoms. The Morgan fingerprint density at radius 1 is 1.33 bits per heavy atom. The van der Waals surface area contributed by atoms with Crippen molar-refractivity contribution in [2.24, 2.45) is 0 Å². The molecule has 1 aliphatic carbocycles. The maximum Gasteiger partial charge on any atom is 0.229 e. The summed E-state index contributed by atoms with van der Waals surface area (Å²) in [4.78, 5) is 18.9. The molecule has 4 rings (SSSR count). The molecule has 1 saturated heterocycles. The molecule has 3 heterocycles. The molecule has 0 radical (unpaired) electrons. The van der Waals surface area contributed by atoms with Gasteiger partial charge in [0, 0.05) is 24.9 Å². The number of aryl methyl sites for hydroxylation is 1. The number of hydrogen-bond acceptors (Lipinski definition) is 7. The number of aromatic nitrogens is 3.